The Morgan fingerprint density at radius 2 is 1.73 bits per heavy atom. The van der Waals surface area contributed by atoms with Gasteiger partial charge in [-0.3, -0.25) is 4.79 Å². The monoisotopic (exact) mass is 463 g/mol. The van der Waals surface area contributed by atoms with Crippen LogP contribution in [0.1, 0.15) is 35.3 Å². The Morgan fingerprint density at radius 3 is 2.36 bits per heavy atom. The first-order valence-electron chi connectivity index (χ1n) is 10.5. The largest absolute Gasteiger partial charge is 0.455 e. The fourth-order valence-electron chi connectivity index (χ4n) is 3.23. The van der Waals surface area contributed by atoms with E-state index in [9.17, 15) is 13.2 Å². The summed E-state index contributed by atoms with van der Waals surface area (Å²) in [6.07, 6.45) is 0. The number of ether oxygens (including phenoxy) is 1. The third-order valence-corrected chi connectivity index (χ3v) is 7.09. The standard InChI is InChI=1S/C25H25N3O4S/c1-4-28(5-2)33(30,31)22-13-14-24(32-21-11-9-18(3)10-12-21)23(16-22)27-25(29)20-8-6-7-19(15-20)17-26/h6-16H,4-5H2,1-3H3,(H,27,29). The SMILES string of the molecule is CCN(CC)S(=O)(=O)c1ccc(Oc2ccc(C)cc2)c(NC(=O)c2cccc(C#N)c2)c1. The maximum absolute atomic E-state index is 13.0. The van der Waals surface area contributed by atoms with Crippen molar-refractivity contribution in [2.75, 3.05) is 18.4 Å². The second kappa shape index (κ2) is 10.3. The van der Waals surface area contributed by atoms with Crippen LogP contribution in [-0.4, -0.2) is 31.7 Å². The summed E-state index contributed by atoms with van der Waals surface area (Å²) in [5.41, 5.74) is 1.88. The van der Waals surface area contributed by atoms with Crippen LogP contribution in [0, 0.1) is 18.3 Å². The summed E-state index contributed by atoms with van der Waals surface area (Å²) in [5, 5.41) is 11.9. The van der Waals surface area contributed by atoms with Crippen molar-refractivity contribution < 1.29 is 17.9 Å². The fraction of sp³-hybridized carbons (Fsp3) is 0.200. The molecule has 33 heavy (non-hydrogen) atoms. The molecule has 3 aromatic carbocycles. The third kappa shape index (κ3) is 5.58. The van der Waals surface area contributed by atoms with E-state index in [0.717, 1.165) is 5.56 Å². The van der Waals surface area contributed by atoms with Gasteiger partial charge < -0.3 is 10.1 Å². The van der Waals surface area contributed by atoms with Gasteiger partial charge in [-0.2, -0.15) is 9.57 Å². The summed E-state index contributed by atoms with van der Waals surface area (Å²) in [6.45, 7) is 6.13. The molecule has 1 amide bonds. The lowest BCUT2D eigenvalue weighted by Gasteiger charge is -2.20. The molecule has 0 aliphatic rings. The van der Waals surface area contributed by atoms with Crippen molar-refractivity contribution in [1.82, 2.24) is 4.31 Å². The number of amides is 1. The first-order chi connectivity index (χ1) is 15.8. The van der Waals surface area contributed by atoms with Gasteiger partial charge >= 0.3 is 0 Å². The molecule has 170 valence electrons. The van der Waals surface area contributed by atoms with E-state index in [-0.39, 0.29) is 16.1 Å². The van der Waals surface area contributed by atoms with E-state index in [1.165, 1.54) is 28.6 Å². The number of carbonyl (C=O) groups excluding carboxylic acids is 1. The summed E-state index contributed by atoms with van der Waals surface area (Å²) in [6, 6.07) is 20.0. The fourth-order valence-corrected chi connectivity index (χ4v) is 4.71. The molecule has 0 radical (unpaired) electrons. The van der Waals surface area contributed by atoms with Crippen molar-refractivity contribution in [1.29, 1.82) is 5.26 Å². The Kier molecular flexibility index (Phi) is 7.48. The molecular weight excluding hydrogens is 438 g/mol. The molecular formula is C25H25N3O4S. The molecule has 3 aromatic rings. The van der Waals surface area contributed by atoms with Gasteiger partial charge in [-0.15, -0.1) is 0 Å². The van der Waals surface area contributed by atoms with Gasteiger partial charge in [0, 0.05) is 18.7 Å². The molecule has 0 aromatic heterocycles. The smallest absolute Gasteiger partial charge is 0.255 e. The van der Waals surface area contributed by atoms with Crippen LogP contribution in [0.4, 0.5) is 5.69 Å². The van der Waals surface area contributed by atoms with Crippen molar-refractivity contribution in [3.8, 4) is 17.6 Å². The number of sulfonamides is 1. The zero-order chi connectivity index (χ0) is 24.0. The lowest BCUT2D eigenvalue weighted by molar-refractivity contribution is 0.102. The van der Waals surface area contributed by atoms with Crippen LogP contribution in [0.25, 0.3) is 0 Å². The van der Waals surface area contributed by atoms with Crippen molar-refractivity contribution in [3.63, 3.8) is 0 Å². The Balaban J connectivity index is 2.03. The first kappa shape index (κ1) is 24.0. The minimum Gasteiger partial charge on any atom is -0.455 e. The molecule has 0 heterocycles. The minimum absolute atomic E-state index is 0.0449. The normalized spacial score (nSPS) is 11.1. The first-order valence-corrected chi connectivity index (χ1v) is 11.9. The van der Waals surface area contributed by atoms with Crippen molar-refractivity contribution >= 4 is 21.6 Å². The lowest BCUT2D eigenvalue weighted by atomic mass is 10.1. The Bertz CT molecular complexity index is 1290. The average molecular weight is 464 g/mol. The molecule has 0 bridgehead atoms. The minimum atomic E-state index is -3.75. The number of carbonyl (C=O) groups is 1. The highest BCUT2D eigenvalue weighted by Crippen LogP contribution is 2.33. The maximum atomic E-state index is 13.0. The van der Waals surface area contributed by atoms with Gasteiger partial charge in [0.2, 0.25) is 10.0 Å². The molecule has 0 saturated carbocycles. The predicted molar refractivity (Wildman–Crippen MR) is 127 cm³/mol. The molecule has 0 aliphatic heterocycles. The molecule has 0 unspecified atom stereocenters. The van der Waals surface area contributed by atoms with E-state index < -0.39 is 15.9 Å². The highest BCUT2D eigenvalue weighted by atomic mass is 32.2. The second-order valence-electron chi connectivity index (χ2n) is 7.31. The van der Waals surface area contributed by atoms with Gasteiger partial charge in [0.15, 0.2) is 5.75 Å². The quantitative estimate of drug-likeness (QED) is 0.510. The number of hydrogen-bond acceptors (Lipinski definition) is 5. The molecule has 0 spiro atoms. The molecule has 1 N–H and O–H groups in total. The van der Waals surface area contributed by atoms with Crippen molar-refractivity contribution in [2.24, 2.45) is 0 Å². The number of nitriles is 1. The molecule has 3 rings (SSSR count). The number of hydrogen-bond donors (Lipinski definition) is 1. The van der Waals surface area contributed by atoms with E-state index in [1.54, 1.807) is 44.2 Å². The van der Waals surface area contributed by atoms with Crippen molar-refractivity contribution in [3.05, 3.63) is 83.4 Å². The van der Waals surface area contributed by atoms with Crippen LogP contribution < -0.4 is 10.1 Å². The van der Waals surface area contributed by atoms with Crippen LogP contribution in [0.5, 0.6) is 11.5 Å². The molecule has 7 nitrogen and oxygen atoms in total. The number of nitrogens with zero attached hydrogens (tertiary/aromatic N) is 2. The predicted octanol–water partition coefficient (Wildman–Crippen LogP) is 4.94. The van der Waals surface area contributed by atoms with Crippen molar-refractivity contribution in [2.45, 2.75) is 25.7 Å². The second-order valence-corrected chi connectivity index (χ2v) is 9.25. The zero-order valence-corrected chi connectivity index (χ0v) is 19.5. The highest BCUT2D eigenvalue weighted by Gasteiger charge is 2.24. The summed E-state index contributed by atoms with van der Waals surface area (Å²) < 4.78 is 33.3. The topological polar surface area (TPSA) is 99.5 Å². The summed E-state index contributed by atoms with van der Waals surface area (Å²) in [4.78, 5) is 12.9. The zero-order valence-electron chi connectivity index (χ0n) is 18.7. The van der Waals surface area contributed by atoms with E-state index in [2.05, 4.69) is 5.32 Å². The van der Waals surface area contributed by atoms with E-state index in [0.29, 0.717) is 30.2 Å². The van der Waals surface area contributed by atoms with E-state index in [1.807, 2.05) is 25.1 Å². The highest BCUT2D eigenvalue weighted by molar-refractivity contribution is 7.89. The van der Waals surface area contributed by atoms with Crippen LogP contribution in [0.2, 0.25) is 0 Å². The summed E-state index contributed by atoms with van der Waals surface area (Å²) in [5.74, 6) is 0.349. The average Bonchev–Trinajstić information content (AvgIpc) is 2.82. The van der Waals surface area contributed by atoms with E-state index in [4.69, 9.17) is 10.00 Å². The molecule has 0 aliphatic carbocycles. The maximum Gasteiger partial charge on any atom is 0.255 e. The third-order valence-electron chi connectivity index (χ3n) is 5.05. The Hall–Kier alpha value is -3.67. The number of nitrogens with one attached hydrogen (secondary N) is 1. The van der Waals surface area contributed by atoms with Crippen LogP contribution in [-0.2, 0) is 10.0 Å². The Morgan fingerprint density at radius 1 is 1.03 bits per heavy atom. The number of aryl methyl sites for hydroxylation is 1. The number of rotatable bonds is 8. The molecule has 0 atom stereocenters. The van der Waals surface area contributed by atoms with Gasteiger partial charge in [0.1, 0.15) is 5.75 Å². The summed E-state index contributed by atoms with van der Waals surface area (Å²) >= 11 is 0. The number of anilines is 1. The van der Waals surface area contributed by atoms with Gasteiger partial charge in [-0.05, 0) is 55.5 Å². The van der Waals surface area contributed by atoms with Crippen LogP contribution >= 0.6 is 0 Å². The molecule has 0 fully saturated rings. The van der Waals surface area contributed by atoms with E-state index >= 15 is 0 Å². The van der Waals surface area contributed by atoms with Gasteiger partial charge in [0.25, 0.3) is 5.91 Å². The van der Waals surface area contributed by atoms with Gasteiger partial charge in [-0.25, -0.2) is 8.42 Å². The van der Waals surface area contributed by atoms with Crippen LogP contribution in [0.3, 0.4) is 0 Å². The van der Waals surface area contributed by atoms with Crippen LogP contribution in [0.15, 0.2) is 71.6 Å². The van der Waals surface area contributed by atoms with Gasteiger partial charge in [0.05, 0.1) is 22.2 Å². The molecule has 0 saturated heterocycles. The lowest BCUT2D eigenvalue weighted by Crippen LogP contribution is -2.30. The molecule has 8 heteroatoms. The Labute approximate surface area is 194 Å². The van der Waals surface area contributed by atoms with Gasteiger partial charge in [-0.1, -0.05) is 37.6 Å². The summed E-state index contributed by atoms with van der Waals surface area (Å²) in [7, 11) is -3.75. The number of benzene rings is 3.